The Hall–Kier alpha value is -2.76. The van der Waals surface area contributed by atoms with Crippen LogP contribution in [0.1, 0.15) is 10.4 Å². The number of amides is 1. The number of hydrogen-bond acceptors (Lipinski definition) is 3. The second-order valence-electron chi connectivity index (χ2n) is 3.83. The molecule has 2 N–H and O–H groups in total. The summed E-state index contributed by atoms with van der Waals surface area (Å²) in [5, 5.41) is 10.9. The summed E-state index contributed by atoms with van der Waals surface area (Å²) in [6, 6.07) is 9.52. The average Bonchev–Trinajstić information content (AvgIpc) is 2.37. The van der Waals surface area contributed by atoms with Crippen LogP contribution in [0.3, 0.4) is 0 Å². The fraction of sp³-hybridized carbons (Fsp3) is 0. The van der Waals surface area contributed by atoms with E-state index in [1.165, 1.54) is 36.4 Å². The van der Waals surface area contributed by atoms with Gasteiger partial charge in [0.2, 0.25) is 0 Å². The molecule has 96 valence electrons. The Morgan fingerprint density at radius 1 is 1.21 bits per heavy atom. The summed E-state index contributed by atoms with van der Waals surface area (Å²) in [5.74, 6) is -1.43. The molecule has 0 aliphatic carbocycles. The third-order valence-electron chi connectivity index (χ3n) is 2.62. The fourth-order valence-corrected chi connectivity index (χ4v) is 1.85. The highest BCUT2D eigenvalue weighted by atomic mass is 19.1. The van der Waals surface area contributed by atoms with Gasteiger partial charge < -0.3 is 5.73 Å². The molecule has 1 amide bonds. The van der Waals surface area contributed by atoms with E-state index in [1.807, 2.05) is 0 Å². The summed E-state index contributed by atoms with van der Waals surface area (Å²) >= 11 is 0. The predicted octanol–water partition coefficient (Wildman–Crippen LogP) is 2.50. The average molecular weight is 260 g/mol. The Morgan fingerprint density at radius 3 is 2.47 bits per heavy atom. The van der Waals surface area contributed by atoms with E-state index < -0.39 is 22.3 Å². The van der Waals surface area contributed by atoms with Crippen molar-refractivity contribution in [2.75, 3.05) is 0 Å². The van der Waals surface area contributed by atoms with Crippen LogP contribution in [-0.4, -0.2) is 10.8 Å². The van der Waals surface area contributed by atoms with Crippen LogP contribution in [0.15, 0.2) is 42.5 Å². The van der Waals surface area contributed by atoms with E-state index in [0.29, 0.717) is 5.56 Å². The van der Waals surface area contributed by atoms with Gasteiger partial charge in [0.05, 0.1) is 4.92 Å². The van der Waals surface area contributed by atoms with Crippen LogP contribution in [0.5, 0.6) is 0 Å². The van der Waals surface area contributed by atoms with E-state index in [-0.39, 0.29) is 11.1 Å². The molecule has 0 bridgehead atoms. The van der Waals surface area contributed by atoms with Gasteiger partial charge in [-0.2, -0.15) is 0 Å². The molecule has 19 heavy (non-hydrogen) atoms. The Balaban J connectivity index is 2.73. The minimum atomic E-state index is -0.924. The molecule has 0 spiro atoms. The second-order valence-corrected chi connectivity index (χ2v) is 3.83. The van der Waals surface area contributed by atoms with Gasteiger partial charge in [0.15, 0.2) is 0 Å². The maximum Gasteiger partial charge on any atom is 0.282 e. The van der Waals surface area contributed by atoms with Crippen LogP contribution < -0.4 is 5.73 Å². The van der Waals surface area contributed by atoms with Crippen LogP contribution in [0.25, 0.3) is 11.1 Å². The molecule has 2 rings (SSSR count). The highest BCUT2D eigenvalue weighted by Crippen LogP contribution is 2.30. The largest absolute Gasteiger partial charge is 0.365 e. The first-order valence-corrected chi connectivity index (χ1v) is 5.34. The molecule has 0 radical (unpaired) electrons. The third kappa shape index (κ3) is 2.42. The Morgan fingerprint density at radius 2 is 1.89 bits per heavy atom. The zero-order chi connectivity index (χ0) is 14.0. The number of nitro benzene ring substituents is 1. The highest BCUT2D eigenvalue weighted by molar-refractivity contribution is 6.03. The molecular formula is C13H9FN2O3. The van der Waals surface area contributed by atoms with E-state index in [1.54, 1.807) is 6.07 Å². The zero-order valence-corrected chi connectivity index (χ0v) is 9.67. The monoisotopic (exact) mass is 260 g/mol. The van der Waals surface area contributed by atoms with Crippen LogP contribution in [0.4, 0.5) is 10.1 Å². The van der Waals surface area contributed by atoms with Gasteiger partial charge in [0.25, 0.3) is 11.6 Å². The second kappa shape index (κ2) is 4.85. The first kappa shape index (κ1) is 12.7. The van der Waals surface area contributed by atoms with Crippen molar-refractivity contribution in [1.82, 2.24) is 0 Å². The van der Waals surface area contributed by atoms with Crippen molar-refractivity contribution in [1.29, 1.82) is 0 Å². The van der Waals surface area contributed by atoms with E-state index in [2.05, 4.69) is 0 Å². The quantitative estimate of drug-likeness (QED) is 0.679. The molecule has 0 saturated heterocycles. The van der Waals surface area contributed by atoms with Crippen molar-refractivity contribution in [3.05, 3.63) is 64.0 Å². The molecule has 0 fully saturated rings. The van der Waals surface area contributed by atoms with Gasteiger partial charge in [-0.05, 0) is 17.7 Å². The third-order valence-corrected chi connectivity index (χ3v) is 2.62. The van der Waals surface area contributed by atoms with Crippen molar-refractivity contribution in [2.45, 2.75) is 0 Å². The van der Waals surface area contributed by atoms with Crippen molar-refractivity contribution in [3.63, 3.8) is 0 Å². The molecule has 0 heterocycles. The van der Waals surface area contributed by atoms with Crippen molar-refractivity contribution in [3.8, 4) is 11.1 Å². The summed E-state index contributed by atoms with van der Waals surface area (Å²) in [5.41, 5.74) is 5.17. The SMILES string of the molecule is NC(=O)c1c(-c2cccc(F)c2)cccc1[N+](=O)[O-]. The van der Waals surface area contributed by atoms with Crippen LogP contribution in [-0.2, 0) is 0 Å². The number of carbonyl (C=O) groups excluding carboxylic acids is 1. The number of hydrogen-bond donors (Lipinski definition) is 1. The number of nitrogens with zero attached hydrogens (tertiary/aromatic N) is 1. The van der Waals surface area contributed by atoms with Gasteiger partial charge >= 0.3 is 0 Å². The highest BCUT2D eigenvalue weighted by Gasteiger charge is 2.22. The van der Waals surface area contributed by atoms with E-state index in [0.717, 1.165) is 0 Å². The first-order chi connectivity index (χ1) is 9.00. The molecule has 2 aromatic carbocycles. The molecule has 0 aromatic heterocycles. The molecule has 5 nitrogen and oxygen atoms in total. The molecule has 0 atom stereocenters. The van der Waals surface area contributed by atoms with Crippen LogP contribution in [0, 0.1) is 15.9 Å². The zero-order valence-electron chi connectivity index (χ0n) is 9.67. The molecule has 0 aliphatic rings. The van der Waals surface area contributed by atoms with Gasteiger partial charge in [-0.15, -0.1) is 0 Å². The van der Waals surface area contributed by atoms with Crippen LogP contribution in [0.2, 0.25) is 0 Å². The number of carbonyl (C=O) groups is 1. The van der Waals surface area contributed by atoms with Gasteiger partial charge in [-0.1, -0.05) is 24.3 Å². The van der Waals surface area contributed by atoms with Gasteiger partial charge in [-0.25, -0.2) is 4.39 Å². The maximum atomic E-state index is 13.2. The Labute approximate surface area is 107 Å². The molecule has 6 heteroatoms. The molecule has 2 aromatic rings. The summed E-state index contributed by atoms with van der Waals surface area (Å²) < 4.78 is 13.2. The van der Waals surface area contributed by atoms with Gasteiger partial charge in [0.1, 0.15) is 11.4 Å². The lowest BCUT2D eigenvalue weighted by molar-refractivity contribution is -0.385. The summed E-state index contributed by atoms with van der Waals surface area (Å²) in [7, 11) is 0. The van der Waals surface area contributed by atoms with E-state index >= 15 is 0 Å². The molecule has 0 aliphatic heterocycles. The summed E-state index contributed by atoms with van der Waals surface area (Å²) in [4.78, 5) is 21.6. The van der Waals surface area contributed by atoms with Gasteiger partial charge in [0, 0.05) is 11.6 Å². The number of halogens is 1. The number of primary amides is 1. The standard InChI is InChI=1S/C13H9FN2O3/c14-9-4-1-3-8(7-9)10-5-2-6-11(16(18)19)12(10)13(15)17/h1-7H,(H2,15,17). The topological polar surface area (TPSA) is 86.2 Å². The smallest absolute Gasteiger partial charge is 0.282 e. The fourth-order valence-electron chi connectivity index (χ4n) is 1.85. The minimum Gasteiger partial charge on any atom is -0.365 e. The lowest BCUT2D eigenvalue weighted by atomic mass is 9.98. The number of nitro groups is 1. The molecule has 0 unspecified atom stereocenters. The predicted molar refractivity (Wildman–Crippen MR) is 67.0 cm³/mol. The summed E-state index contributed by atoms with van der Waals surface area (Å²) in [6.45, 7) is 0. The molecular weight excluding hydrogens is 251 g/mol. The normalized spacial score (nSPS) is 10.2. The van der Waals surface area contributed by atoms with Crippen molar-refractivity contribution >= 4 is 11.6 Å². The number of benzene rings is 2. The summed E-state index contributed by atoms with van der Waals surface area (Å²) in [6.07, 6.45) is 0. The van der Waals surface area contributed by atoms with Crippen molar-refractivity contribution in [2.24, 2.45) is 5.73 Å². The number of nitrogens with two attached hydrogens (primary N) is 1. The number of rotatable bonds is 3. The maximum absolute atomic E-state index is 13.2. The lowest BCUT2D eigenvalue weighted by Gasteiger charge is -2.07. The first-order valence-electron chi connectivity index (χ1n) is 5.34. The lowest BCUT2D eigenvalue weighted by Crippen LogP contribution is -2.15. The van der Waals surface area contributed by atoms with Crippen molar-refractivity contribution < 1.29 is 14.1 Å². The minimum absolute atomic E-state index is 0.224. The van der Waals surface area contributed by atoms with Gasteiger partial charge in [-0.3, -0.25) is 14.9 Å². The van der Waals surface area contributed by atoms with Crippen LogP contribution >= 0.6 is 0 Å². The van der Waals surface area contributed by atoms with E-state index in [9.17, 15) is 19.3 Å². The molecule has 0 saturated carbocycles. The Bertz CT molecular complexity index is 671. The Kier molecular flexibility index (Phi) is 3.24. The van der Waals surface area contributed by atoms with E-state index in [4.69, 9.17) is 5.73 Å².